The van der Waals surface area contributed by atoms with Gasteiger partial charge in [0.05, 0.1) is 11.4 Å². The van der Waals surface area contributed by atoms with Crippen LogP contribution in [0.3, 0.4) is 0 Å². The van der Waals surface area contributed by atoms with E-state index in [1.54, 1.807) is 0 Å². The number of hydrogen-bond acceptors (Lipinski definition) is 4. The maximum atomic E-state index is 5.56. The maximum Gasteiger partial charge on any atom is 0.161 e. The van der Waals surface area contributed by atoms with Crippen LogP contribution in [0, 0.1) is 0 Å². The molecule has 54 heavy (non-hydrogen) atoms. The summed E-state index contributed by atoms with van der Waals surface area (Å²) < 4.78 is 5.03. The fourth-order valence-corrected chi connectivity index (χ4v) is 10.4. The molecule has 0 radical (unpaired) electrons. The molecule has 0 atom stereocenters. The zero-order valence-electron chi connectivity index (χ0n) is 29.0. The molecule has 0 saturated carbocycles. The van der Waals surface area contributed by atoms with Crippen LogP contribution in [0.15, 0.2) is 182 Å². The Morgan fingerprint density at radius 3 is 1.48 bits per heavy atom. The monoisotopic (exact) mass is 722 g/mol. The molecule has 0 aliphatic rings. The summed E-state index contributed by atoms with van der Waals surface area (Å²) in [6, 6.07) is 65.4. The predicted molar refractivity (Wildman–Crippen MR) is 232 cm³/mol. The van der Waals surface area contributed by atoms with Crippen molar-refractivity contribution in [3.05, 3.63) is 182 Å². The van der Waals surface area contributed by atoms with Crippen LogP contribution in [0.2, 0.25) is 0 Å². The molecule has 0 amide bonds. The lowest BCUT2D eigenvalue weighted by molar-refractivity contribution is 1.19. The molecule has 4 heteroatoms. The first-order chi connectivity index (χ1) is 26.8. The van der Waals surface area contributed by atoms with Gasteiger partial charge in [-0.15, -0.1) is 22.7 Å². The highest BCUT2D eigenvalue weighted by molar-refractivity contribution is 7.26. The van der Waals surface area contributed by atoms with Crippen LogP contribution >= 0.6 is 22.7 Å². The Hall–Kier alpha value is -6.46. The molecule has 3 aromatic heterocycles. The first kappa shape index (κ1) is 31.1. The molecular formula is C50H30N2S2. The number of rotatable bonds is 5. The second kappa shape index (κ2) is 12.6. The maximum absolute atomic E-state index is 5.56. The van der Waals surface area contributed by atoms with Crippen molar-refractivity contribution in [2.45, 2.75) is 0 Å². The Labute approximate surface area is 320 Å². The average molecular weight is 723 g/mol. The van der Waals surface area contributed by atoms with Gasteiger partial charge in [-0.3, -0.25) is 0 Å². The molecule has 0 unspecified atom stereocenters. The lowest BCUT2D eigenvalue weighted by Gasteiger charge is -2.16. The molecule has 2 nitrogen and oxygen atoms in total. The topological polar surface area (TPSA) is 25.8 Å². The van der Waals surface area contributed by atoms with Crippen LogP contribution in [0.1, 0.15) is 0 Å². The standard InChI is InChI=1S/C50H30N2S2/c1-3-13-31(14-4-1)33-25-27-36-34(29-33)26-28-35(32-15-5-2-6-16-32)47(36)50-51-43(41-21-11-19-39-37-17-7-9-23-45(37)53-48(39)41)30-44(52-50)42-22-12-20-40-38-18-8-10-24-46(38)54-49(40)42/h1-30H. The Bertz CT molecular complexity index is 3080. The number of benzene rings is 8. The smallest absolute Gasteiger partial charge is 0.161 e. The van der Waals surface area contributed by atoms with Gasteiger partial charge in [0, 0.05) is 57.0 Å². The quantitative estimate of drug-likeness (QED) is 0.177. The summed E-state index contributed by atoms with van der Waals surface area (Å²) in [6.07, 6.45) is 0. The Balaban J connectivity index is 1.23. The first-order valence-corrected chi connectivity index (χ1v) is 19.8. The number of hydrogen-bond donors (Lipinski definition) is 0. The van der Waals surface area contributed by atoms with E-state index in [9.17, 15) is 0 Å². The Kier molecular flexibility index (Phi) is 7.25. The molecule has 0 N–H and O–H groups in total. The van der Waals surface area contributed by atoms with E-state index in [1.807, 2.05) is 22.7 Å². The zero-order valence-corrected chi connectivity index (χ0v) is 30.7. The van der Waals surface area contributed by atoms with Crippen LogP contribution in [-0.4, -0.2) is 9.97 Å². The molecule has 0 fully saturated rings. The number of aromatic nitrogens is 2. The van der Waals surface area contributed by atoms with E-state index in [4.69, 9.17) is 9.97 Å². The molecule has 8 aromatic carbocycles. The van der Waals surface area contributed by atoms with Gasteiger partial charge in [-0.05, 0) is 57.3 Å². The summed E-state index contributed by atoms with van der Waals surface area (Å²) in [5.41, 5.74) is 9.74. The largest absolute Gasteiger partial charge is 0.228 e. The minimum Gasteiger partial charge on any atom is -0.228 e. The fraction of sp³-hybridized carbons (Fsp3) is 0. The normalized spacial score (nSPS) is 11.7. The van der Waals surface area contributed by atoms with Crippen LogP contribution in [0.5, 0.6) is 0 Å². The van der Waals surface area contributed by atoms with Crippen LogP contribution in [0.25, 0.3) is 107 Å². The molecule has 252 valence electrons. The van der Waals surface area contributed by atoms with Crippen LogP contribution in [0.4, 0.5) is 0 Å². The van der Waals surface area contributed by atoms with Crippen molar-refractivity contribution in [1.82, 2.24) is 9.97 Å². The lowest BCUT2D eigenvalue weighted by Crippen LogP contribution is -1.99. The predicted octanol–water partition coefficient (Wildman–Crippen LogP) is 14.7. The number of thiophene rings is 2. The first-order valence-electron chi connectivity index (χ1n) is 18.2. The van der Waals surface area contributed by atoms with Crippen molar-refractivity contribution in [2.24, 2.45) is 0 Å². The molecule has 3 heterocycles. The minimum atomic E-state index is 0.718. The van der Waals surface area contributed by atoms with Gasteiger partial charge in [0.15, 0.2) is 5.82 Å². The van der Waals surface area contributed by atoms with Gasteiger partial charge in [-0.1, -0.05) is 158 Å². The molecule has 0 aliphatic carbocycles. The van der Waals surface area contributed by atoms with Gasteiger partial charge in [0.25, 0.3) is 0 Å². The molecule has 11 rings (SSSR count). The van der Waals surface area contributed by atoms with Gasteiger partial charge in [0.2, 0.25) is 0 Å². The molecule has 0 bridgehead atoms. The van der Waals surface area contributed by atoms with Crippen molar-refractivity contribution < 1.29 is 0 Å². The molecule has 11 aromatic rings. The number of fused-ring (bicyclic) bond motifs is 7. The number of nitrogens with zero attached hydrogens (tertiary/aromatic N) is 2. The van der Waals surface area contributed by atoms with E-state index in [-0.39, 0.29) is 0 Å². The molecule has 0 aliphatic heterocycles. The van der Waals surface area contributed by atoms with E-state index >= 15 is 0 Å². The second-order valence-corrected chi connectivity index (χ2v) is 15.8. The van der Waals surface area contributed by atoms with Gasteiger partial charge in [-0.25, -0.2) is 9.97 Å². The van der Waals surface area contributed by atoms with Crippen molar-refractivity contribution in [1.29, 1.82) is 0 Å². The summed E-state index contributed by atoms with van der Waals surface area (Å²) in [6.45, 7) is 0. The van der Waals surface area contributed by atoms with Gasteiger partial charge >= 0.3 is 0 Å². The Morgan fingerprint density at radius 1 is 0.333 bits per heavy atom. The summed E-state index contributed by atoms with van der Waals surface area (Å²) in [5, 5.41) is 7.34. The van der Waals surface area contributed by atoms with Gasteiger partial charge in [0.1, 0.15) is 0 Å². The van der Waals surface area contributed by atoms with Crippen molar-refractivity contribution in [2.75, 3.05) is 0 Å². The summed E-state index contributed by atoms with van der Waals surface area (Å²) in [7, 11) is 0. The molecule has 0 saturated heterocycles. The third kappa shape index (κ3) is 5.07. The third-order valence-electron chi connectivity index (χ3n) is 10.5. The average Bonchev–Trinajstić information content (AvgIpc) is 3.82. The minimum absolute atomic E-state index is 0.718. The highest BCUT2D eigenvalue weighted by atomic mass is 32.1. The second-order valence-electron chi connectivity index (χ2n) is 13.7. The van der Waals surface area contributed by atoms with Gasteiger partial charge in [-0.2, -0.15) is 0 Å². The fourth-order valence-electron chi connectivity index (χ4n) is 7.97. The van der Waals surface area contributed by atoms with E-state index in [1.165, 1.54) is 51.5 Å². The highest BCUT2D eigenvalue weighted by Crippen LogP contribution is 2.45. The summed E-state index contributed by atoms with van der Waals surface area (Å²) in [4.78, 5) is 11.1. The van der Waals surface area contributed by atoms with E-state index < -0.39 is 0 Å². The van der Waals surface area contributed by atoms with Crippen LogP contribution < -0.4 is 0 Å². The van der Waals surface area contributed by atoms with Gasteiger partial charge < -0.3 is 0 Å². The van der Waals surface area contributed by atoms with E-state index in [0.29, 0.717) is 0 Å². The molecular weight excluding hydrogens is 693 g/mol. The zero-order chi connectivity index (χ0) is 35.6. The highest BCUT2D eigenvalue weighted by Gasteiger charge is 2.21. The third-order valence-corrected chi connectivity index (χ3v) is 13.0. The van der Waals surface area contributed by atoms with Crippen molar-refractivity contribution >= 4 is 73.8 Å². The van der Waals surface area contributed by atoms with Crippen molar-refractivity contribution in [3.8, 4) is 56.2 Å². The summed E-state index contributed by atoms with van der Waals surface area (Å²) in [5.74, 6) is 0.718. The summed E-state index contributed by atoms with van der Waals surface area (Å²) >= 11 is 3.67. The van der Waals surface area contributed by atoms with E-state index in [2.05, 4.69) is 182 Å². The SMILES string of the molecule is c1ccc(-c2ccc3c(-c4nc(-c5cccc6c5sc5ccccc56)cc(-c5cccc6c5sc5ccccc56)n4)c(-c4ccccc4)ccc3c2)cc1. The van der Waals surface area contributed by atoms with E-state index in [0.717, 1.165) is 55.8 Å². The molecule has 0 spiro atoms. The van der Waals surface area contributed by atoms with Crippen LogP contribution in [-0.2, 0) is 0 Å². The lowest BCUT2D eigenvalue weighted by atomic mass is 9.91. The Morgan fingerprint density at radius 2 is 0.870 bits per heavy atom. The van der Waals surface area contributed by atoms with Crippen molar-refractivity contribution in [3.63, 3.8) is 0 Å².